The summed E-state index contributed by atoms with van der Waals surface area (Å²) in [6.07, 6.45) is 1.43. The highest BCUT2D eigenvalue weighted by Gasteiger charge is 2.29. The Bertz CT molecular complexity index is 470. The number of amides is 1. The molecule has 2 N–H and O–H groups in total. The van der Waals surface area contributed by atoms with Gasteiger partial charge in [0, 0.05) is 31.9 Å². The van der Waals surface area contributed by atoms with E-state index in [0.717, 1.165) is 18.5 Å². The smallest absolute Gasteiger partial charge is 0.253 e. The van der Waals surface area contributed by atoms with Crippen LogP contribution in [0.2, 0.25) is 0 Å². The van der Waals surface area contributed by atoms with E-state index in [1.54, 1.807) is 24.1 Å². The minimum Gasteiger partial charge on any atom is -0.393 e. The molecule has 0 aromatic carbocycles. The van der Waals surface area contributed by atoms with E-state index in [0.29, 0.717) is 23.8 Å². The van der Waals surface area contributed by atoms with Gasteiger partial charge in [-0.15, -0.1) is 0 Å². The molecule has 0 atom stereocenters. The van der Waals surface area contributed by atoms with Crippen molar-refractivity contribution in [1.29, 1.82) is 0 Å². The first-order valence-electron chi connectivity index (χ1n) is 6.59. The van der Waals surface area contributed by atoms with Gasteiger partial charge in [-0.25, -0.2) is 4.98 Å². The third-order valence-electron chi connectivity index (χ3n) is 3.55. The van der Waals surface area contributed by atoms with E-state index in [1.807, 2.05) is 14.0 Å². The molecular formula is C14H21N3O2. The number of nitrogens with zero attached hydrogens (tertiary/aromatic N) is 2. The molecule has 1 amide bonds. The molecule has 1 aromatic rings. The lowest BCUT2D eigenvalue weighted by Gasteiger charge is -2.34. The average molecular weight is 263 g/mol. The number of anilines is 1. The van der Waals surface area contributed by atoms with Crippen molar-refractivity contribution in [2.24, 2.45) is 5.92 Å². The lowest BCUT2D eigenvalue weighted by molar-refractivity contribution is 0.0265. The first kappa shape index (κ1) is 13.8. The molecule has 19 heavy (non-hydrogen) atoms. The number of carbonyl (C=O) groups is 1. The number of aryl methyl sites for hydroxylation is 1. The maximum absolute atomic E-state index is 12.3. The summed E-state index contributed by atoms with van der Waals surface area (Å²) in [5.41, 5.74) is 1.47. The van der Waals surface area contributed by atoms with E-state index in [4.69, 9.17) is 0 Å². The fraction of sp³-hybridized carbons (Fsp3) is 0.571. The van der Waals surface area contributed by atoms with Crippen molar-refractivity contribution in [3.8, 4) is 0 Å². The second kappa shape index (κ2) is 5.57. The number of carbonyl (C=O) groups excluding carboxylic acids is 1. The zero-order chi connectivity index (χ0) is 14.0. The van der Waals surface area contributed by atoms with E-state index in [2.05, 4.69) is 10.3 Å². The van der Waals surface area contributed by atoms with E-state index in [-0.39, 0.29) is 12.0 Å². The van der Waals surface area contributed by atoms with Crippen molar-refractivity contribution in [1.82, 2.24) is 9.88 Å². The molecule has 1 heterocycles. The summed E-state index contributed by atoms with van der Waals surface area (Å²) in [6.45, 7) is 2.58. The molecule has 2 rings (SSSR count). The first-order chi connectivity index (χ1) is 8.99. The van der Waals surface area contributed by atoms with Crippen LogP contribution in [0.5, 0.6) is 0 Å². The van der Waals surface area contributed by atoms with E-state index < -0.39 is 0 Å². The van der Waals surface area contributed by atoms with Crippen molar-refractivity contribution < 1.29 is 9.90 Å². The maximum Gasteiger partial charge on any atom is 0.253 e. The number of aliphatic hydroxyl groups is 1. The van der Waals surface area contributed by atoms with Crippen molar-refractivity contribution >= 4 is 11.7 Å². The number of nitrogens with one attached hydrogen (secondary N) is 1. The number of aliphatic hydroxyl groups excluding tert-OH is 1. The van der Waals surface area contributed by atoms with Gasteiger partial charge in [-0.2, -0.15) is 0 Å². The van der Waals surface area contributed by atoms with Crippen LogP contribution in [0.15, 0.2) is 12.1 Å². The van der Waals surface area contributed by atoms with Crippen molar-refractivity contribution in [3.63, 3.8) is 0 Å². The lowest BCUT2D eigenvalue weighted by Crippen LogP contribution is -2.39. The Hall–Kier alpha value is -1.62. The van der Waals surface area contributed by atoms with Crippen molar-refractivity contribution in [2.45, 2.75) is 25.9 Å². The normalized spacial score (nSPS) is 21.7. The van der Waals surface area contributed by atoms with Crippen LogP contribution in [-0.4, -0.2) is 47.6 Å². The summed E-state index contributed by atoms with van der Waals surface area (Å²) in [5.74, 6) is 1.13. The highest BCUT2D eigenvalue weighted by Crippen LogP contribution is 2.28. The summed E-state index contributed by atoms with van der Waals surface area (Å²) in [5, 5.41) is 12.2. The molecule has 0 saturated heterocycles. The summed E-state index contributed by atoms with van der Waals surface area (Å²) in [7, 11) is 3.59. The minimum absolute atomic E-state index is 0.00314. The molecule has 0 radical (unpaired) electrons. The van der Waals surface area contributed by atoms with Crippen LogP contribution in [0.1, 0.15) is 28.9 Å². The molecule has 1 aliphatic carbocycles. The fourth-order valence-electron chi connectivity index (χ4n) is 2.46. The zero-order valence-electron chi connectivity index (χ0n) is 11.7. The van der Waals surface area contributed by atoms with Gasteiger partial charge in [0.05, 0.1) is 6.10 Å². The molecular weight excluding hydrogens is 242 g/mol. The number of hydrogen-bond acceptors (Lipinski definition) is 4. The van der Waals surface area contributed by atoms with Crippen LogP contribution >= 0.6 is 0 Å². The van der Waals surface area contributed by atoms with Crippen LogP contribution in [0.4, 0.5) is 5.82 Å². The molecule has 0 unspecified atom stereocenters. The molecule has 5 nitrogen and oxygen atoms in total. The first-order valence-corrected chi connectivity index (χ1v) is 6.59. The average Bonchev–Trinajstić information content (AvgIpc) is 2.35. The quantitative estimate of drug-likeness (QED) is 0.858. The molecule has 5 heteroatoms. The van der Waals surface area contributed by atoms with Crippen LogP contribution in [0, 0.1) is 12.8 Å². The third kappa shape index (κ3) is 3.23. The van der Waals surface area contributed by atoms with Gasteiger partial charge in [0.2, 0.25) is 0 Å². The van der Waals surface area contributed by atoms with Gasteiger partial charge < -0.3 is 15.3 Å². The lowest BCUT2D eigenvalue weighted by atomic mass is 9.82. The minimum atomic E-state index is -0.174. The molecule has 1 fully saturated rings. The van der Waals surface area contributed by atoms with Gasteiger partial charge in [-0.05, 0) is 37.8 Å². The predicted molar refractivity (Wildman–Crippen MR) is 74.2 cm³/mol. The second-order valence-corrected chi connectivity index (χ2v) is 5.31. The molecule has 1 aromatic heterocycles. The Morgan fingerprint density at radius 2 is 2.21 bits per heavy atom. The third-order valence-corrected chi connectivity index (χ3v) is 3.55. The summed E-state index contributed by atoms with van der Waals surface area (Å²) < 4.78 is 0. The maximum atomic E-state index is 12.3. The van der Waals surface area contributed by atoms with Gasteiger partial charge in [0.15, 0.2) is 0 Å². The zero-order valence-corrected chi connectivity index (χ0v) is 11.7. The van der Waals surface area contributed by atoms with Gasteiger partial charge in [-0.1, -0.05) is 0 Å². The monoisotopic (exact) mass is 263 g/mol. The number of aromatic nitrogens is 1. The molecule has 104 valence electrons. The summed E-state index contributed by atoms with van der Waals surface area (Å²) >= 11 is 0. The van der Waals surface area contributed by atoms with Crippen LogP contribution in [0.25, 0.3) is 0 Å². The Balaban J connectivity index is 2.03. The topological polar surface area (TPSA) is 65.5 Å². The standard InChI is InChI=1S/C14H21N3O2/c1-9-4-11(7-13(15-2)16-9)14(19)17(3)8-10-5-12(18)6-10/h4,7,10,12,18H,5-6,8H2,1-3H3,(H,15,16). The largest absolute Gasteiger partial charge is 0.393 e. The van der Waals surface area contributed by atoms with Crippen molar-refractivity contribution in [3.05, 3.63) is 23.4 Å². The predicted octanol–water partition coefficient (Wildman–Crippen LogP) is 1.27. The summed E-state index contributed by atoms with van der Waals surface area (Å²) in [4.78, 5) is 18.3. The Kier molecular flexibility index (Phi) is 4.04. The van der Waals surface area contributed by atoms with Gasteiger partial charge in [0.25, 0.3) is 5.91 Å². The van der Waals surface area contributed by atoms with Crippen LogP contribution in [-0.2, 0) is 0 Å². The molecule has 0 spiro atoms. The van der Waals surface area contributed by atoms with Crippen LogP contribution in [0.3, 0.4) is 0 Å². The number of rotatable bonds is 4. The Morgan fingerprint density at radius 3 is 2.79 bits per heavy atom. The summed E-state index contributed by atoms with van der Waals surface area (Å²) in [6, 6.07) is 3.57. The van der Waals surface area contributed by atoms with E-state index >= 15 is 0 Å². The highest BCUT2D eigenvalue weighted by atomic mass is 16.3. The van der Waals surface area contributed by atoms with E-state index in [1.165, 1.54) is 0 Å². The molecule has 0 bridgehead atoms. The highest BCUT2D eigenvalue weighted by molar-refractivity contribution is 5.94. The van der Waals surface area contributed by atoms with Gasteiger partial charge in [0.1, 0.15) is 5.82 Å². The van der Waals surface area contributed by atoms with Gasteiger partial charge in [-0.3, -0.25) is 4.79 Å². The second-order valence-electron chi connectivity index (χ2n) is 5.31. The Labute approximate surface area is 113 Å². The van der Waals surface area contributed by atoms with Crippen molar-refractivity contribution in [2.75, 3.05) is 26.0 Å². The SMILES string of the molecule is CNc1cc(C(=O)N(C)CC2CC(O)C2)cc(C)n1. The number of hydrogen-bond donors (Lipinski definition) is 2. The molecule has 1 saturated carbocycles. The molecule has 0 aliphatic heterocycles. The molecule has 1 aliphatic rings. The van der Waals surface area contributed by atoms with E-state index in [9.17, 15) is 9.90 Å². The fourth-order valence-corrected chi connectivity index (χ4v) is 2.46. The van der Waals surface area contributed by atoms with Crippen LogP contribution < -0.4 is 5.32 Å². The number of pyridine rings is 1. The Morgan fingerprint density at radius 1 is 1.53 bits per heavy atom. The van der Waals surface area contributed by atoms with Gasteiger partial charge >= 0.3 is 0 Å².